The molecule has 1 heterocycles. The molecule has 2 amide bonds. The van der Waals surface area contributed by atoms with Crippen LogP contribution in [-0.4, -0.2) is 74.1 Å². The van der Waals surface area contributed by atoms with Gasteiger partial charge in [0.2, 0.25) is 11.8 Å². The molecule has 3 aromatic carbocycles. The minimum absolute atomic E-state index is 0.0599. The first-order chi connectivity index (χ1) is 23.5. The van der Waals surface area contributed by atoms with Crippen LogP contribution in [0.25, 0.3) is 10.9 Å². The fraction of sp³-hybridized carbons (Fsp3) is 0.333. The Bertz CT molecular complexity index is 1800. The molecule has 0 bridgehead atoms. The van der Waals surface area contributed by atoms with Crippen molar-refractivity contribution < 1.29 is 37.4 Å². The summed E-state index contributed by atoms with van der Waals surface area (Å²) in [5.74, 6) is -1.53. The second-order valence-electron chi connectivity index (χ2n) is 12.2. The van der Waals surface area contributed by atoms with Crippen molar-refractivity contribution in [3.8, 4) is 17.2 Å². The number of fused-ring (bicyclic) bond motifs is 1. The van der Waals surface area contributed by atoms with Gasteiger partial charge >= 0.3 is 5.97 Å². The molecule has 0 spiro atoms. The van der Waals surface area contributed by atoms with Gasteiger partial charge in [-0.3, -0.25) is 24.3 Å². The quantitative estimate of drug-likeness (QED) is 0.0799. The monoisotopic (exact) mass is 675 g/mol. The zero-order valence-corrected chi connectivity index (χ0v) is 27.6. The molecule has 1 aromatic heterocycles. The van der Waals surface area contributed by atoms with Crippen LogP contribution in [0.15, 0.2) is 72.9 Å². The van der Waals surface area contributed by atoms with Gasteiger partial charge in [-0.25, -0.2) is 8.78 Å². The van der Waals surface area contributed by atoms with Gasteiger partial charge in [0.25, 0.3) is 0 Å². The first-order valence-corrected chi connectivity index (χ1v) is 15.9. The average Bonchev–Trinajstić information content (AvgIpc) is 3.87. The summed E-state index contributed by atoms with van der Waals surface area (Å²) >= 11 is 0. The van der Waals surface area contributed by atoms with Crippen LogP contribution in [0.5, 0.6) is 17.2 Å². The number of likely N-dealkylation sites (N-methyl/N-ethyl adjacent to an activating group) is 1. The van der Waals surface area contributed by atoms with Crippen molar-refractivity contribution in [2.75, 3.05) is 51.0 Å². The van der Waals surface area contributed by atoms with E-state index >= 15 is 4.39 Å². The summed E-state index contributed by atoms with van der Waals surface area (Å²) < 4.78 is 45.5. The van der Waals surface area contributed by atoms with E-state index in [1.54, 1.807) is 35.4 Å². The van der Waals surface area contributed by atoms with E-state index in [9.17, 15) is 18.8 Å². The molecule has 0 aliphatic heterocycles. The molecule has 13 heteroatoms. The first-order valence-electron chi connectivity index (χ1n) is 15.9. The third-order valence-corrected chi connectivity index (χ3v) is 7.78. The number of aromatic nitrogens is 1. The van der Waals surface area contributed by atoms with Gasteiger partial charge in [-0.1, -0.05) is 0 Å². The zero-order chi connectivity index (χ0) is 35.0. The second-order valence-corrected chi connectivity index (χ2v) is 12.2. The number of rotatable bonds is 16. The number of nitrogens with zero attached hydrogens (tertiary/aromatic N) is 2. The Morgan fingerprint density at radius 3 is 2.33 bits per heavy atom. The number of pyridine rings is 1. The van der Waals surface area contributed by atoms with E-state index in [1.807, 2.05) is 21.0 Å². The van der Waals surface area contributed by atoms with Crippen molar-refractivity contribution in [3.05, 3.63) is 84.6 Å². The van der Waals surface area contributed by atoms with Gasteiger partial charge in [0.05, 0.1) is 18.7 Å². The number of halogens is 2. The van der Waals surface area contributed by atoms with Crippen molar-refractivity contribution in [2.45, 2.75) is 32.3 Å². The average molecular weight is 676 g/mol. The summed E-state index contributed by atoms with van der Waals surface area (Å²) in [6, 6.07) is 16.2. The highest BCUT2D eigenvalue weighted by Gasteiger charge is 2.56. The third kappa shape index (κ3) is 9.48. The Morgan fingerprint density at radius 1 is 0.918 bits per heavy atom. The first kappa shape index (κ1) is 35.2. The van der Waals surface area contributed by atoms with E-state index in [4.69, 9.17) is 14.2 Å². The molecule has 1 fully saturated rings. The van der Waals surface area contributed by atoms with Crippen LogP contribution in [0.3, 0.4) is 0 Å². The zero-order valence-electron chi connectivity index (χ0n) is 27.6. The Labute approximate surface area is 282 Å². The lowest BCUT2D eigenvalue weighted by atomic mass is 10.0. The molecule has 1 aliphatic rings. The van der Waals surface area contributed by atoms with Crippen LogP contribution in [0.1, 0.15) is 26.2 Å². The maximum atomic E-state index is 15.2. The highest BCUT2D eigenvalue weighted by atomic mass is 19.1. The Hall–Kier alpha value is -5.14. The highest BCUT2D eigenvalue weighted by molar-refractivity contribution is 6.16. The van der Waals surface area contributed by atoms with E-state index in [2.05, 4.69) is 20.9 Å². The van der Waals surface area contributed by atoms with Gasteiger partial charge in [-0.15, -0.1) is 0 Å². The van der Waals surface area contributed by atoms with E-state index in [1.165, 1.54) is 36.4 Å². The number of benzene rings is 3. The van der Waals surface area contributed by atoms with E-state index < -0.39 is 28.9 Å². The lowest BCUT2D eigenvalue weighted by Gasteiger charge is -2.16. The minimum Gasteiger partial charge on any atom is -0.493 e. The minimum atomic E-state index is -1.28. The SMILES string of the molecule is CC(CNCCCOc1ccc2c(Oc3ccc(NC(=O)C4(C(=O)Nc5ccc(F)cc5)CC4)cc3F)ccnc2c1)OC(=O)CN(C)C. The van der Waals surface area contributed by atoms with Crippen LogP contribution in [0.4, 0.5) is 20.2 Å². The number of hydrogen-bond donors (Lipinski definition) is 3. The van der Waals surface area contributed by atoms with Crippen LogP contribution in [0, 0.1) is 17.0 Å². The number of hydrogen-bond acceptors (Lipinski definition) is 9. The maximum Gasteiger partial charge on any atom is 0.320 e. The largest absolute Gasteiger partial charge is 0.493 e. The number of carbonyl (C=O) groups is 3. The highest BCUT2D eigenvalue weighted by Crippen LogP contribution is 2.47. The molecule has 0 radical (unpaired) electrons. The summed E-state index contributed by atoms with van der Waals surface area (Å²) in [7, 11) is 3.62. The predicted octanol–water partition coefficient (Wildman–Crippen LogP) is 5.51. The lowest BCUT2D eigenvalue weighted by Crippen LogP contribution is -2.35. The molecule has 0 saturated heterocycles. The van der Waals surface area contributed by atoms with Crippen molar-refractivity contribution in [1.82, 2.24) is 15.2 Å². The van der Waals surface area contributed by atoms with Gasteiger partial charge < -0.3 is 30.2 Å². The lowest BCUT2D eigenvalue weighted by molar-refractivity contribution is -0.148. The number of anilines is 2. The van der Waals surface area contributed by atoms with Crippen LogP contribution < -0.4 is 25.4 Å². The third-order valence-electron chi connectivity index (χ3n) is 7.78. The smallest absolute Gasteiger partial charge is 0.320 e. The van der Waals surface area contributed by atoms with Gasteiger partial charge in [-0.2, -0.15) is 0 Å². The summed E-state index contributed by atoms with van der Waals surface area (Å²) in [5.41, 5.74) is -0.139. The molecular weight excluding hydrogens is 636 g/mol. The van der Waals surface area contributed by atoms with Crippen LogP contribution in [0.2, 0.25) is 0 Å². The molecule has 11 nitrogen and oxygen atoms in total. The Morgan fingerprint density at radius 2 is 1.63 bits per heavy atom. The van der Waals surface area contributed by atoms with Crippen molar-refractivity contribution >= 4 is 40.1 Å². The van der Waals surface area contributed by atoms with Crippen LogP contribution >= 0.6 is 0 Å². The summed E-state index contributed by atoms with van der Waals surface area (Å²) in [6.45, 7) is 3.76. The molecule has 258 valence electrons. The van der Waals surface area contributed by atoms with E-state index in [-0.39, 0.29) is 30.1 Å². The number of carbonyl (C=O) groups excluding carboxylic acids is 3. The number of nitrogens with one attached hydrogen (secondary N) is 3. The van der Waals surface area contributed by atoms with Crippen molar-refractivity contribution in [3.63, 3.8) is 0 Å². The molecule has 3 N–H and O–H groups in total. The normalized spacial score (nSPS) is 13.8. The molecule has 4 aromatic rings. The molecule has 5 rings (SSSR count). The fourth-order valence-corrected chi connectivity index (χ4v) is 5.03. The summed E-state index contributed by atoms with van der Waals surface area (Å²) in [4.78, 5) is 43.8. The second kappa shape index (κ2) is 15.8. The predicted molar refractivity (Wildman–Crippen MR) is 181 cm³/mol. The summed E-state index contributed by atoms with van der Waals surface area (Å²) in [5, 5.41) is 9.18. The van der Waals surface area contributed by atoms with Crippen molar-refractivity contribution in [1.29, 1.82) is 0 Å². The fourth-order valence-electron chi connectivity index (χ4n) is 5.03. The topological polar surface area (TPSA) is 131 Å². The standard InChI is InChI=1S/C36H39F2N5O6/c1-23(48-33(44)22-43(2)3)21-39-16-4-18-47-27-10-11-28-30(20-27)40-17-13-31(28)49-32-12-9-26(19-29(32)38)42-35(46)36(14-15-36)34(45)41-25-7-5-24(37)6-8-25/h5-13,17,19-20,23,39H,4,14-16,18,21-22H2,1-3H3,(H,41,45)(H,42,46). The number of ether oxygens (including phenoxy) is 3. The number of esters is 1. The van der Waals surface area contributed by atoms with Crippen LogP contribution in [-0.2, 0) is 19.1 Å². The molecule has 49 heavy (non-hydrogen) atoms. The van der Waals surface area contributed by atoms with Gasteiger partial charge in [-0.05, 0) is 101 Å². The molecule has 1 unspecified atom stereocenters. The number of amides is 2. The van der Waals surface area contributed by atoms with Gasteiger partial charge in [0.1, 0.15) is 28.8 Å². The van der Waals surface area contributed by atoms with E-state index in [0.717, 1.165) is 12.5 Å². The molecule has 1 aliphatic carbocycles. The molecule has 1 atom stereocenters. The van der Waals surface area contributed by atoms with Gasteiger partial charge in [0.15, 0.2) is 11.6 Å². The Balaban J connectivity index is 1.11. The molecule has 1 saturated carbocycles. The van der Waals surface area contributed by atoms with E-state index in [0.29, 0.717) is 60.6 Å². The Kier molecular flexibility index (Phi) is 11.4. The maximum absolute atomic E-state index is 15.2. The summed E-state index contributed by atoms with van der Waals surface area (Å²) in [6.07, 6.45) is 2.72. The van der Waals surface area contributed by atoms with Gasteiger partial charge in [0, 0.05) is 41.6 Å². The molecular formula is C36H39F2N5O6. The van der Waals surface area contributed by atoms with Crippen molar-refractivity contribution in [2.24, 2.45) is 5.41 Å².